The second-order valence-electron chi connectivity index (χ2n) is 5.16. The first-order chi connectivity index (χ1) is 11.9. The molecular weight excluding hydrogens is 346 g/mol. The van der Waals surface area contributed by atoms with E-state index in [1.807, 2.05) is 19.1 Å². The molecule has 0 aliphatic heterocycles. The highest BCUT2D eigenvalue weighted by atomic mass is 35.5. The second-order valence-corrected chi connectivity index (χ2v) is 5.57. The van der Waals surface area contributed by atoms with Crippen molar-refractivity contribution in [3.8, 4) is 0 Å². The number of amides is 2. The van der Waals surface area contributed by atoms with Crippen molar-refractivity contribution in [3.63, 3.8) is 0 Å². The number of non-ortho nitro benzene ring substituents is 1. The Hall–Kier alpha value is -2.93. The third-order valence-corrected chi connectivity index (χ3v) is 3.82. The van der Waals surface area contributed by atoms with Gasteiger partial charge in [-0.15, -0.1) is 0 Å². The van der Waals surface area contributed by atoms with Crippen LogP contribution in [0.25, 0.3) is 0 Å². The van der Waals surface area contributed by atoms with E-state index in [1.165, 1.54) is 12.1 Å². The zero-order chi connectivity index (χ0) is 18.4. The minimum Gasteiger partial charge on any atom is -0.343 e. The van der Waals surface area contributed by atoms with Crippen LogP contribution in [0.1, 0.15) is 22.8 Å². The fourth-order valence-electron chi connectivity index (χ4n) is 2.20. The quantitative estimate of drug-likeness (QED) is 0.609. The molecule has 0 aliphatic rings. The van der Waals surface area contributed by atoms with Gasteiger partial charge in [-0.2, -0.15) is 0 Å². The maximum atomic E-state index is 12.1. The van der Waals surface area contributed by atoms with E-state index < -0.39 is 16.7 Å². The van der Waals surface area contributed by atoms with Gasteiger partial charge in [0.15, 0.2) is 0 Å². The second kappa shape index (κ2) is 8.25. The molecule has 0 bridgehead atoms. The molecule has 0 fully saturated rings. The van der Waals surface area contributed by atoms with E-state index >= 15 is 0 Å². The van der Waals surface area contributed by atoms with Crippen LogP contribution in [-0.2, 0) is 11.2 Å². The molecule has 2 N–H and O–H groups in total. The van der Waals surface area contributed by atoms with Crippen molar-refractivity contribution in [1.29, 1.82) is 0 Å². The highest BCUT2D eigenvalue weighted by Gasteiger charge is 2.16. The summed E-state index contributed by atoms with van der Waals surface area (Å²) in [6.45, 7) is 1.69. The first kappa shape index (κ1) is 18.4. The third kappa shape index (κ3) is 4.77. The minimum atomic E-state index is -0.660. The number of carbonyl (C=O) groups is 2. The zero-order valence-corrected chi connectivity index (χ0v) is 14.2. The number of nitro benzene ring substituents is 1. The normalized spacial score (nSPS) is 10.2. The summed E-state index contributed by atoms with van der Waals surface area (Å²) in [6, 6.07) is 10.9. The topological polar surface area (TPSA) is 101 Å². The number of halogens is 1. The average Bonchev–Trinajstić information content (AvgIpc) is 2.60. The zero-order valence-electron chi connectivity index (χ0n) is 13.4. The van der Waals surface area contributed by atoms with Crippen LogP contribution in [0.4, 0.5) is 11.4 Å². The number of aryl methyl sites for hydroxylation is 1. The van der Waals surface area contributed by atoms with E-state index in [2.05, 4.69) is 10.6 Å². The van der Waals surface area contributed by atoms with Gasteiger partial charge in [0.25, 0.3) is 11.6 Å². The van der Waals surface area contributed by atoms with Crippen LogP contribution in [0.2, 0.25) is 5.02 Å². The molecule has 0 atom stereocenters. The van der Waals surface area contributed by atoms with Crippen molar-refractivity contribution < 1.29 is 14.5 Å². The van der Waals surface area contributed by atoms with Gasteiger partial charge in [-0.3, -0.25) is 19.7 Å². The van der Waals surface area contributed by atoms with Crippen molar-refractivity contribution in [1.82, 2.24) is 5.32 Å². The summed E-state index contributed by atoms with van der Waals surface area (Å²) in [5, 5.41) is 16.0. The Kier molecular flexibility index (Phi) is 6.08. The summed E-state index contributed by atoms with van der Waals surface area (Å²) in [5.74, 6) is -1.07. The van der Waals surface area contributed by atoms with Gasteiger partial charge in [-0.05, 0) is 24.1 Å². The van der Waals surface area contributed by atoms with Crippen LogP contribution in [0.3, 0.4) is 0 Å². The van der Waals surface area contributed by atoms with E-state index in [0.29, 0.717) is 5.69 Å². The molecule has 25 heavy (non-hydrogen) atoms. The van der Waals surface area contributed by atoms with Crippen molar-refractivity contribution >= 4 is 34.8 Å². The van der Waals surface area contributed by atoms with Gasteiger partial charge in [-0.1, -0.05) is 36.7 Å². The Labute approximate surface area is 149 Å². The van der Waals surface area contributed by atoms with Crippen LogP contribution < -0.4 is 10.6 Å². The predicted octanol–water partition coefficient (Wildman–Crippen LogP) is 3.18. The number of hydrogen-bond acceptors (Lipinski definition) is 4. The summed E-state index contributed by atoms with van der Waals surface area (Å²) < 4.78 is 0. The molecule has 0 unspecified atom stereocenters. The first-order valence-corrected chi connectivity index (χ1v) is 7.90. The Morgan fingerprint density at radius 2 is 1.92 bits per heavy atom. The Balaban J connectivity index is 2.01. The van der Waals surface area contributed by atoms with Crippen LogP contribution >= 0.6 is 11.6 Å². The number of nitrogens with one attached hydrogen (secondary N) is 2. The monoisotopic (exact) mass is 361 g/mol. The molecule has 0 saturated heterocycles. The van der Waals surface area contributed by atoms with Crippen LogP contribution in [0, 0.1) is 10.1 Å². The summed E-state index contributed by atoms with van der Waals surface area (Å²) in [5.41, 5.74) is 1.34. The maximum absolute atomic E-state index is 12.1. The lowest BCUT2D eigenvalue weighted by atomic mass is 10.1. The van der Waals surface area contributed by atoms with Gasteiger partial charge in [0, 0.05) is 17.8 Å². The van der Waals surface area contributed by atoms with Crippen molar-refractivity contribution in [2.24, 2.45) is 0 Å². The Bertz CT molecular complexity index is 823. The smallest absolute Gasteiger partial charge is 0.270 e. The van der Waals surface area contributed by atoms with Gasteiger partial charge in [-0.25, -0.2) is 0 Å². The molecule has 2 rings (SSSR count). The van der Waals surface area contributed by atoms with Crippen molar-refractivity contribution in [2.45, 2.75) is 13.3 Å². The molecule has 7 nitrogen and oxygen atoms in total. The summed E-state index contributed by atoms with van der Waals surface area (Å²) >= 11 is 5.90. The van der Waals surface area contributed by atoms with E-state index in [-0.39, 0.29) is 22.8 Å². The van der Waals surface area contributed by atoms with Crippen molar-refractivity contribution in [3.05, 3.63) is 68.7 Å². The maximum Gasteiger partial charge on any atom is 0.270 e. The van der Waals surface area contributed by atoms with E-state index in [1.54, 1.807) is 12.1 Å². The highest BCUT2D eigenvalue weighted by Crippen LogP contribution is 2.22. The third-order valence-electron chi connectivity index (χ3n) is 3.49. The van der Waals surface area contributed by atoms with E-state index in [0.717, 1.165) is 18.1 Å². The molecule has 2 aromatic carbocycles. The lowest BCUT2D eigenvalue weighted by Gasteiger charge is -2.10. The molecule has 2 amide bonds. The van der Waals surface area contributed by atoms with E-state index in [4.69, 9.17) is 11.6 Å². The fraction of sp³-hybridized carbons (Fsp3) is 0.176. The Morgan fingerprint density at radius 1 is 1.20 bits per heavy atom. The van der Waals surface area contributed by atoms with Gasteiger partial charge >= 0.3 is 0 Å². The number of anilines is 1. The summed E-state index contributed by atoms with van der Waals surface area (Å²) in [4.78, 5) is 34.3. The number of nitro groups is 1. The molecular formula is C17H16ClN3O4. The number of hydrogen-bond donors (Lipinski definition) is 2. The van der Waals surface area contributed by atoms with E-state index in [9.17, 15) is 19.7 Å². The molecule has 0 heterocycles. The first-order valence-electron chi connectivity index (χ1n) is 7.52. The largest absolute Gasteiger partial charge is 0.343 e. The average molecular weight is 362 g/mol. The lowest BCUT2D eigenvalue weighted by Crippen LogP contribution is -2.33. The predicted molar refractivity (Wildman–Crippen MR) is 94.9 cm³/mol. The Morgan fingerprint density at radius 3 is 2.60 bits per heavy atom. The summed E-state index contributed by atoms with van der Waals surface area (Å²) in [6.07, 6.45) is 0.756. The molecule has 0 radical (unpaired) electrons. The number of benzene rings is 2. The highest BCUT2D eigenvalue weighted by molar-refractivity contribution is 6.34. The standard InChI is InChI=1S/C17H16ClN3O4/c1-2-11-5-3-4-6-15(11)20-16(22)10-19-17(23)13-9-12(21(24)25)7-8-14(13)18/h3-9H,2,10H2,1H3,(H,19,23)(H,20,22). The number of nitrogens with zero attached hydrogens (tertiary/aromatic N) is 1. The van der Waals surface area contributed by atoms with Crippen LogP contribution in [-0.4, -0.2) is 23.3 Å². The molecule has 2 aromatic rings. The number of carbonyl (C=O) groups excluding carboxylic acids is 2. The molecule has 130 valence electrons. The molecule has 0 aliphatic carbocycles. The molecule has 8 heteroatoms. The fourth-order valence-corrected chi connectivity index (χ4v) is 2.40. The van der Waals surface area contributed by atoms with Gasteiger partial charge < -0.3 is 10.6 Å². The molecule has 0 spiro atoms. The van der Waals surface area contributed by atoms with Crippen LogP contribution in [0.15, 0.2) is 42.5 Å². The number of para-hydroxylation sites is 1. The van der Waals surface area contributed by atoms with Crippen molar-refractivity contribution in [2.75, 3.05) is 11.9 Å². The number of rotatable bonds is 6. The van der Waals surface area contributed by atoms with Crippen LogP contribution in [0.5, 0.6) is 0 Å². The van der Waals surface area contributed by atoms with Gasteiger partial charge in [0.1, 0.15) is 0 Å². The lowest BCUT2D eigenvalue weighted by molar-refractivity contribution is -0.384. The van der Waals surface area contributed by atoms with Gasteiger partial charge in [0.05, 0.1) is 22.1 Å². The molecule has 0 saturated carbocycles. The van der Waals surface area contributed by atoms with Gasteiger partial charge in [0.2, 0.25) is 5.91 Å². The molecule has 0 aromatic heterocycles. The SMILES string of the molecule is CCc1ccccc1NC(=O)CNC(=O)c1cc([N+](=O)[O-])ccc1Cl. The summed E-state index contributed by atoms with van der Waals surface area (Å²) in [7, 11) is 0. The minimum absolute atomic E-state index is 0.0578.